The Hall–Kier alpha value is 0. The van der Waals surface area contributed by atoms with Gasteiger partial charge in [-0.2, -0.15) is 0 Å². The fourth-order valence-corrected chi connectivity index (χ4v) is 1.91. The summed E-state index contributed by atoms with van der Waals surface area (Å²) in [5.41, 5.74) is 0. The number of hydrogen-bond acceptors (Lipinski definition) is 0. The van der Waals surface area contributed by atoms with Crippen molar-refractivity contribution in [1.82, 2.24) is 0 Å². The number of hydrogen-bond donors (Lipinski definition) is 0. The standard InChI is InChI=1S/C10H22.C8H18/c1-9(2)7-5-6-8-10(3)4;1-4-5-6-7-8(2)3/h9-10H,5-8H2,1-4H3;8H,4-7H2,1-3H3. The number of unbranched alkanes of at least 4 members (excludes halogenated alkanes) is 3. The van der Waals surface area contributed by atoms with Gasteiger partial charge in [0.2, 0.25) is 0 Å². The summed E-state index contributed by atoms with van der Waals surface area (Å²) < 4.78 is 0. The van der Waals surface area contributed by atoms with E-state index in [-0.39, 0.29) is 0 Å². The van der Waals surface area contributed by atoms with Gasteiger partial charge in [0.25, 0.3) is 0 Å². The van der Waals surface area contributed by atoms with Crippen LogP contribution >= 0.6 is 0 Å². The van der Waals surface area contributed by atoms with Crippen molar-refractivity contribution in [2.45, 2.75) is 99.8 Å². The van der Waals surface area contributed by atoms with Crippen LogP contribution in [0.25, 0.3) is 0 Å². The van der Waals surface area contributed by atoms with E-state index in [2.05, 4.69) is 48.5 Å². The van der Waals surface area contributed by atoms with Crippen molar-refractivity contribution < 1.29 is 0 Å². The van der Waals surface area contributed by atoms with Crippen molar-refractivity contribution in [3.05, 3.63) is 0 Å². The Morgan fingerprint density at radius 2 is 0.778 bits per heavy atom. The topological polar surface area (TPSA) is 0 Å². The normalized spacial score (nSPS) is 11.0. The van der Waals surface area contributed by atoms with Gasteiger partial charge in [0.15, 0.2) is 0 Å². The van der Waals surface area contributed by atoms with Gasteiger partial charge in [-0.1, -0.05) is 99.8 Å². The van der Waals surface area contributed by atoms with E-state index in [9.17, 15) is 0 Å². The predicted molar refractivity (Wildman–Crippen MR) is 87.1 cm³/mol. The molecule has 0 aromatic heterocycles. The van der Waals surface area contributed by atoms with E-state index in [1.54, 1.807) is 0 Å². The highest BCUT2D eigenvalue weighted by molar-refractivity contribution is 4.49. The molecule has 0 aliphatic rings. The molecule has 0 radical (unpaired) electrons. The summed E-state index contributed by atoms with van der Waals surface area (Å²) in [6.07, 6.45) is 11.3. The lowest BCUT2D eigenvalue weighted by molar-refractivity contribution is 0.483. The largest absolute Gasteiger partial charge is 0.0654 e. The molecular formula is C18H40. The molecule has 0 aromatic carbocycles. The van der Waals surface area contributed by atoms with Gasteiger partial charge in [0, 0.05) is 0 Å². The summed E-state index contributed by atoms with van der Waals surface area (Å²) in [7, 11) is 0. The highest BCUT2D eigenvalue weighted by Crippen LogP contribution is 2.11. The molecule has 0 fully saturated rings. The highest BCUT2D eigenvalue weighted by atomic mass is 14.0. The average Bonchev–Trinajstić information content (AvgIpc) is 2.25. The van der Waals surface area contributed by atoms with E-state index >= 15 is 0 Å². The maximum Gasteiger partial charge on any atom is -0.0471 e. The molecule has 0 heterocycles. The van der Waals surface area contributed by atoms with Gasteiger partial charge >= 0.3 is 0 Å². The smallest absolute Gasteiger partial charge is 0.0471 e. The van der Waals surface area contributed by atoms with Crippen molar-refractivity contribution in [1.29, 1.82) is 0 Å². The third-order valence-corrected chi connectivity index (χ3v) is 3.20. The highest BCUT2D eigenvalue weighted by Gasteiger charge is 1.96. The van der Waals surface area contributed by atoms with Gasteiger partial charge < -0.3 is 0 Å². The monoisotopic (exact) mass is 256 g/mol. The van der Waals surface area contributed by atoms with Crippen LogP contribution in [0.2, 0.25) is 0 Å². The van der Waals surface area contributed by atoms with E-state index in [1.165, 1.54) is 51.4 Å². The second kappa shape index (κ2) is 15.1. The van der Waals surface area contributed by atoms with Gasteiger partial charge in [-0.05, 0) is 17.8 Å². The first-order chi connectivity index (χ1) is 8.40. The molecule has 0 atom stereocenters. The molecule has 112 valence electrons. The fourth-order valence-electron chi connectivity index (χ4n) is 1.91. The van der Waals surface area contributed by atoms with Crippen LogP contribution in [0, 0.1) is 17.8 Å². The summed E-state index contributed by atoms with van der Waals surface area (Å²) >= 11 is 0. The third-order valence-electron chi connectivity index (χ3n) is 3.20. The molecule has 0 saturated carbocycles. The van der Waals surface area contributed by atoms with Crippen molar-refractivity contribution in [3.63, 3.8) is 0 Å². The maximum atomic E-state index is 2.30. The van der Waals surface area contributed by atoms with E-state index in [0.29, 0.717) is 0 Å². The van der Waals surface area contributed by atoms with Gasteiger partial charge in [-0.25, -0.2) is 0 Å². The van der Waals surface area contributed by atoms with Crippen LogP contribution in [0.5, 0.6) is 0 Å². The van der Waals surface area contributed by atoms with Crippen LogP contribution < -0.4 is 0 Å². The molecule has 0 aromatic rings. The second-order valence-corrected chi connectivity index (χ2v) is 6.96. The van der Waals surface area contributed by atoms with Crippen molar-refractivity contribution in [2.24, 2.45) is 17.8 Å². The molecule has 18 heavy (non-hydrogen) atoms. The van der Waals surface area contributed by atoms with Crippen LogP contribution in [0.4, 0.5) is 0 Å². The Balaban J connectivity index is 0. The van der Waals surface area contributed by atoms with Gasteiger partial charge in [0.1, 0.15) is 0 Å². The molecule has 0 saturated heterocycles. The minimum absolute atomic E-state index is 0.896. The van der Waals surface area contributed by atoms with Crippen LogP contribution in [-0.4, -0.2) is 0 Å². The molecule has 0 heteroatoms. The Morgan fingerprint density at radius 1 is 0.500 bits per heavy atom. The molecular weight excluding hydrogens is 216 g/mol. The molecule has 0 amide bonds. The molecule has 0 bridgehead atoms. The van der Waals surface area contributed by atoms with Crippen LogP contribution in [-0.2, 0) is 0 Å². The average molecular weight is 257 g/mol. The molecule has 0 aliphatic carbocycles. The molecule has 0 nitrogen and oxygen atoms in total. The van der Waals surface area contributed by atoms with Gasteiger partial charge in [-0.15, -0.1) is 0 Å². The minimum atomic E-state index is 0.896. The fraction of sp³-hybridized carbons (Fsp3) is 1.00. The molecule has 0 N–H and O–H groups in total. The van der Waals surface area contributed by atoms with E-state index < -0.39 is 0 Å². The summed E-state index contributed by atoms with van der Waals surface area (Å²) in [6, 6.07) is 0. The van der Waals surface area contributed by atoms with E-state index in [0.717, 1.165) is 17.8 Å². The second-order valence-electron chi connectivity index (χ2n) is 6.96. The lowest BCUT2D eigenvalue weighted by atomic mass is 10.0. The zero-order valence-corrected chi connectivity index (χ0v) is 14.4. The molecule has 0 unspecified atom stereocenters. The first-order valence-electron chi connectivity index (χ1n) is 8.40. The third kappa shape index (κ3) is 25.0. The quantitative estimate of drug-likeness (QED) is 0.387. The Labute approximate surface area is 118 Å². The first-order valence-corrected chi connectivity index (χ1v) is 8.40. The predicted octanol–water partition coefficient (Wildman–Crippen LogP) is 7.08. The van der Waals surface area contributed by atoms with Gasteiger partial charge in [-0.3, -0.25) is 0 Å². The summed E-state index contributed by atoms with van der Waals surface area (Å²) in [5.74, 6) is 2.70. The maximum absolute atomic E-state index is 2.30. The van der Waals surface area contributed by atoms with Crippen LogP contribution in [0.1, 0.15) is 99.8 Å². The molecule has 0 spiro atoms. The van der Waals surface area contributed by atoms with Crippen molar-refractivity contribution in [3.8, 4) is 0 Å². The summed E-state index contributed by atoms with van der Waals surface area (Å²) in [4.78, 5) is 0. The Bertz CT molecular complexity index is 123. The van der Waals surface area contributed by atoms with Crippen LogP contribution in [0.3, 0.4) is 0 Å². The zero-order chi connectivity index (χ0) is 14.4. The zero-order valence-electron chi connectivity index (χ0n) is 14.4. The van der Waals surface area contributed by atoms with E-state index in [4.69, 9.17) is 0 Å². The summed E-state index contributed by atoms with van der Waals surface area (Å²) in [5, 5.41) is 0. The summed E-state index contributed by atoms with van der Waals surface area (Å²) in [6.45, 7) is 16.0. The van der Waals surface area contributed by atoms with Crippen LogP contribution in [0.15, 0.2) is 0 Å². The SMILES string of the molecule is CC(C)CCCCC(C)C.CCCCCC(C)C. The molecule has 0 aliphatic heterocycles. The van der Waals surface area contributed by atoms with Crippen molar-refractivity contribution >= 4 is 0 Å². The van der Waals surface area contributed by atoms with Crippen molar-refractivity contribution in [2.75, 3.05) is 0 Å². The Morgan fingerprint density at radius 3 is 1.00 bits per heavy atom. The Kier molecular flexibility index (Phi) is 17.0. The lowest BCUT2D eigenvalue weighted by Gasteiger charge is -2.05. The van der Waals surface area contributed by atoms with E-state index in [1.807, 2.05) is 0 Å². The number of rotatable bonds is 9. The van der Waals surface area contributed by atoms with Gasteiger partial charge in [0.05, 0.1) is 0 Å². The lowest BCUT2D eigenvalue weighted by Crippen LogP contribution is -1.90. The minimum Gasteiger partial charge on any atom is -0.0654 e. The molecule has 0 rings (SSSR count). The first kappa shape index (κ1) is 20.3.